The second-order valence-electron chi connectivity index (χ2n) is 6.28. The number of hydrogen-bond acceptors (Lipinski definition) is 4. The fourth-order valence-corrected chi connectivity index (χ4v) is 3.31. The van der Waals surface area contributed by atoms with Gasteiger partial charge in [-0.2, -0.15) is 0 Å². The molecule has 0 saturated heterocycles. The standard InChI is InChI=1S/C19H23N2O4/c1-3-14(4-2)15-5-7-20(8-6-15)11-16-9-18(21(22)23)10-17-12-24-13-25-19(16)17/h5-10,14H,3-4,11-13H2,1-2H3/q+1. The summed E-state index contributed by atoms with van der Waals surface area (Å²) in [7, 11) is 0. The summed E-state index contributed by atoms with van der Waals surface area (Å²) in [5.41, 5.74) is 2.92. The van der Waals surface area contributed by atoms with E-state index in [2.05, 4.69) is 26.0 Å². The number of benzene rings is 1. The van der Waals surface area contributed by atoms with Crippen molar-refractivity contribution in [1.82, 2.24) is 0 Å². The number of fused-ring (bicyclic) bond motifs is 1. The molecular weight excluding hydrogens is 320 g/mol. The van der Waals surface area contributed by atoms with Crippen molar-refractivity contribution >= 4 is 5.69 Å². The van der Waals surface area contributed by atoms with Gasteiger partial charge in [0.05, 0.1) is 17.1 Å². The molecule has 2 heterocycles. The number of hydrogen-bond donors (Lipinski definition) is 0. The van der Waals surface area contributed by atoms with Crippen molar-refractivity contribution in [2.24, 2.45) is 0 Å². The van der Waals surface area contributed by atoms with Gasteiger partial charge in [0.15, 0.2) is 25.7 Å². The summed E-state index contributed by atoms with van der Waals surface area (Å²) in [5.74, 6) is 1.27. The number of nitro groups is 1. The van der Waals surface area contributed by atoms with Crippen molar-refractivity contribution in [3.05, 3.63) is 63.5 Å². The van der Waals surface area contributed by atoms with E-state index in [-0.39, 0.29) is 17.4 Å². The van der Waals surface area contributed by atoms with Crippen LogP contribution in [0.2, 0.25) is 0 Å². The highest BCUT2D eigenvalue weighted by Gasteiger charge is 2.23. The number of non-ortho nitro benzene ring substituents is 1. The lowest BCUT2D eigenvalue weighted by Gasteiger charge is -2.19. The van der Waals surface area contributed by atoms with Gasteiger partial charge in [0, 0.05) is 29.8 Å². The largest absolute Gasteiger partial charge is 0.467 e. The third kappa shape index (κ3) is 3.79. The van der Waals surface area contributed by atoms with Gasteiger partial charge in [0.1, 0.15) is 5.75 Å². The van der Waals surface area contributed by atoms with Gasteiger partial charge in [-0.15, -0.1) is 0 Å². The SMILES string of the molecule is CCC(CC)c1cc[n+](Cc2cc([N+](=O)[O-])cc3c2OCOC3)cc1. The summed E-state index contributed by atoms with van der Waals surface area (Å²) in [5, 5.41) is 11.2. The minimum absolute atomic E-state index is 0.0668. The fraction of sp³-hybridized carbons (Fsp3) is 0.421. The van der Waals surface area contributed by atoms with Crippen LogP contribution in [0.3, 0.4) is 0 Å². The van der Waals surface area contributed by atoms with Gasteiger partial charge in [-0.25, -0.2) is 4.57 Å². The van der Waals surface area contributed by atoms with E-state index in [0.717, 1.165) is 24.0 Å². The molecule has 132 valence electrons. The number of pyridine rings is 1. The molecule has 1 aromatic carbocycles. The third-order valence-electron chi connectivity index (χ3n) is 4.71. The summed E-state index contributed by atoms with van der Waals surface area (Å²) >= 11 is 0. The number of ether oxygens (including phenoxy) is 2. The van der Waals surface area contributed by atoms with Gasteiger partial charge >= 0.3 is 0 Å². The molecule has 0 radical (unpaired) electrons. The molecule has 0 aliphatic carbocycles. The molecule has 1 aromatic heterocycles. The summed E-state index contributed by atoms with van der Waals surface area (Å²) in [6, 6.07) is 7.38. The molecule has 0 saturated carbocycles. The minimum atomic E-state index is -0.376. The Balaban J connectivity index is 1.89. The summed E-state index contributed by atoms with van der Waals surface area (Å²) < 4.78 is 12.9. The van der Waals surface area contributed by atoms with Crippen molar-refractivity contribution in [2.45, 2.75) is 45.8 Å². The van der Waals surface area contributed by atoms with Crippen LogP contribution in [-0.2, 0) is 17.9 Å². The molecule has 3 rings (SSSR count). The average Bonchev–Trinajstić information content (AvgIpc) is 2.64. The molecular formula is C19H23N2O4+. The Morgan fingerprint density at radius 2 is 1.96 bits per heavy atom. The second-order valence-corrected chi connectivity index (χ2v) is 6.28. The molecule has 6 nitrogen and oxygen atoms in total. The summed E-state index contributed by atoms with van der Waals surface area (Å²) in [6.45, 7) is 5.43. The van der Waals surface area contributed by atoms with Crippen LogP contribution >= 0.6 is 0 Å². The molecule has 0 bridgehead atoms. The molecule has 0 spiro atoms. The van der Waals surface area contributed by atoms with Gasteiger partial charge in [-0.1, -0.05) is 13.8 Å². The lowest BCUT2D eigenvalue weighted by molar-refractivity contribution is -0.688. The monoisotopic (exact) mass is 343 g/mol. The van der Waals surface area contributed by atoms with Gasteiger partial charge in [-0.3, -0.25) is 10.1 Å². The summed E-state index contributed by atoms with van der Waals surface area (Å²) in [6.07, 6.45) is 6.29. The quantitative estimate of drug-likeness (QED) is 0.456. The Bertz CT molecular complexity index is 755. The normalized spacial score (nSPS) is 13.4. The van der Waals surface area contributed by atoms with E-state index in [0.29, 0.717) is 24.8 Å². The smallest absolute Gasteiger partial charge is 0.270 e. The van der Waals surface area contributed by atoms with Crippen LogP contribution in [0.15, 0.2) is 36.7 Å². The number of nitrogens with zero attached hydrogens (tertiary/aromatic N) is 2. The molecule has 0 unspecified atom stereocenters. The van der Waals surface area contributed by atoms with E-state index in [1.54, 1.807) is 6.07 Å². The first-order valence-corrected chi connectivity index (χ1v) is 8.62. The molecule has 0 fully saturated rings. The zero-order chi connectivity index (χ0) is 17.8. The lowest BCUT2D eigenvalue weighted by Crippen LogP contribution is -2.34. The van der Waals surface area contributed by atoms with E-state index in [1.165, 1.54) is 11.6 Å². The molecule has 0 atom stereocenters. The van der Waals surface area contributed by atoms with Crippen LogP contribution in [0, 0.1) is 10.1 Å². The third-order valence-corrected chi connectivity index (χ3v) is 4.71. The Morgan fingerprint density at radius 3 is 2.60 bits per heavy atom. The van der Waals surface area contributed by atoms with Crippen molar-refractivity contribution in [3.8, 4) is 5.75 Å². The molecule has 1 aliphatic rings. The second kappa shape index (κ2) is 7.61. The van der Waals surface area contributed by atoms with Crippen LogP contribution in [0.5, 0.6) is 5.75 Å². The minimum Gasteiger partial charge on any atom is -0.467 e. The van der Waals surface area contributed by atoms with Crippen LogP contribution in [-0.4, -0.2) is 11.7 Å². The summed E-state index contributed by atoms with van der Waals surface area (Å²) in [4.78, 5) is 10.8. The van der Waals surface area contributed by atoms with Gasteiger partial charge in [-0.05, 0) is 24.3 Å². The van der Waals surface area contributed by atoms with Crippen LogP contribution in [0.1, 0.15) is 49.3 Å². The van der Waals surface area contributed by atoms with Crippen molar-refractivity contribution in [3.63, 3.8) is 0 Å². The molecule has 6 heteroatoms. The predicted octanol–water partition coefficient (Wildman–Crippen LogP) is 3.70. The zero-order valence-corrected chi connectivity index (χ0v) is 14.6. The highest BCUT2D eigenvalue weighted by molar-refractivity contribution is 5.50. The lowest BCUT2D eigenvalue weighted by atomic mass is 9.95. The van der Waals surface area contributed by atoms with E-state index in [9.17, 15) is 10.1 Å². The van der Waals surface area contributed by atoms with Gasteiger partial charge in [0.25, 0.3) is 5.69 Å². The maximum Gasteiger partial charge on any atom is 0.270 e. The molecule has 0 amide bonds. The van der Waals surface area contributed by atoms with E-state index >= 15 is 0 Å². The number of nitro benzene ring substituents is 1. The Labute approximate surface area is 147 Å². The van der Waals surface area contributed by atoms with E-state index in [4.69, 9.17) is 9.47 Å². The zero-order valence-electron chi connectivity index (χ0n) is 14.6. The maximum absolute atomic E-state index is 11.2. The molecule has 25 heavy (non-hydrogen) atoms. The average molecular weight is 343 g/mol. The molecule has 0 N–H and O–H groups in total. The van der Waals surface area contributed by atoms with Crippen LogP contribution < -0.4 is 9.30 Å². The van der Waals surface area contributed by atoms with Gasteiger partial charge in [0.2, 0.25) is 0 Å². The van der Waals surface area contributed by atoms with Crippen LogP contribution in [0.4, 0.5) is 5.69 Å². The van der Waals surface area contributed by atoms with Gasteiger partial charge < -0.3 is 9.47 Å². The van der Waals surface area contributed by atoms with E-state index < -0.39 is 0 Å². The number of rotatable bonds is 6. The maximum atomic E-state index is 11.2. The van der Waals surface area contributed by atoms with E-state index in [1.807, 2.05) is 17.0 Å². The Morgan fingerprint density at radius 1 is 1.24 bits per heavy atom. The highest BCUT2D eigenvalue weighted by Crippen LogP contribution is 2.32. The first-order valence-electron chi connectivity index (χ1n) is 8.62. The first-order chi connectivity index (χ1) is 12.1. The van der Waals surface area contributed by atoms with Crippen molar-refractivity contribution in [2.75, 3.05) is 6.79 Å². The highest BCUT2D eigenvalue weighted by atomic mass is 16.7. The topological polar surface area (TPSA) is 65.5 Å². The molecule has 2 aromatic rings. The van der Waals surface area contributed by atoms with Crippen molar-refractivity contribution in [1.29, 1.82) is 0 Å². The number of aromatic nitrogens is 1. The van der Waals surface area contributed by atoms with Crippen LogP contribution in [0.25, 0.3) is 0 Å². The molecule has 1 aliphatic heterocycles. The Kier molecular flexibility index (Phi) is 5.28. The predicted molar refractivity (Wildman–Crippen MR) is 92.4 cm³/mol. The fourth-order valence-electron chi connectivity index (χ4n) is 3.31. The Hall–Kier alpha value is -2.47. The first kappa shape index (κ1) is 17.4. The van der Waals surface area contributed by atoms with Crippen molar-refractivity contribution < 1.29 is 19.0 Å².